The van der Waals surface area contributed by atoms with E-state index in [2.05, 4.69) is 10.1 Å². The summed E-state index contributed by atoms with van der Waals surface area (Å²) in [5.74, 6) is 0.660. The SMILES string of the molecule is Cc1ccc(Cn2nccc2N)nc1. The van der Waals surface area contributed by atoms with Gasteiger partial charge in [0.2, 0.25) is 0 Å². The Morgan fingerprint density at radius 3 is 2.79 bits per heavy atom. The fourth-order valence-electron chi connectivity index (χ4n) is 1.22. The van der Waals surface area contributed by atoms with E-state index in [1.165, 1.54) is 0 Å². The molecule has 0 fully saturated rings. The van der Waals surface area contributed by atoms with Crippen LogP contribution in [0.3, 0.4) is 0 Å². The molecular formula is C10H12N4. The standard InChI is InChI=1S/C10H12N4/c1-8-2-3-9(12-6-8)7-14-10(11)4-5-13-14/h2-6H,7,11H2,1H3. The molecule has 4 heteroatoms. The normalized spacial score (nSPS) is 10.4. The van der Waals surface area contributed by atoms with Gasteiger partial charge < -0.3 is 5.73 Å². The average Bonchev–Trinajstić information content (AvgIpc) is 2.56. The lowest BCUT2D eigenvalue weighted by molar-refractivity contribution is 0.682. The van der Waals surface area contributed by atoms with Gasteiger partial charge in [-0.25, -0.2) is 4.68 Å². The molecule has 0 saturated carbocycles. The summed E-state index contributed by atoms with van der Waals surface area (Å²) in [5, 5.41) is 4.09. The topological polar surface area (TPSA) is 56.7 Å². The van der Waals surface area contributed by atoms with Gasteiger partial charge in [0.1, 0.15) is 5.82 Å². The fraction of sp³-hybridized carbons (Fsp3) is 0.200. The van der Waals surface area contributed by atoms with Crippen molar-refractivity contribution in [2.24, 2.45) is 0 Å². The third-order valence-electron chi connectivity index (χ3n) is 2.03. The zero-order valence-electron chi connectivity index (χ0n) is 8.01. The van der Waals surface area contributed by atoms with Gasteiger partial charge in [0.15, 0.2) is 0 Å². The Labute approximate surface area is 82.4 Å². The molecule has 2 aromatic heterocycles. The Morgan fingerprint density at radius 2 is 2.21 bits per heavy atom. The summed E-state index contributed by atoms with van der Waals surface area (Å²) >= 11 is 0. The van der Waals surface area contributed by atoms with E-state index in [4.69, 9.17) is 5.73 Å². The van der Waals surface area contributed by atoms with Crippen LogP contribution in [0.15, 0.2) is 30.6 Å². The molecule has 2 heterocycles. The van der Waals surface area contributed by atoms with E-state index in [-0.39, 0.29) is 0 Å². The van der Waals surface area contributed by atoms with Crippen LogP contribution in [-0.4, -0.2) is 14.8 Å². The zero-order valence-corrected chi connectivity index (χ0v) is 8.01. The summed E-state index contributed by atoms with van der Waals surface area (Å²) in [6.07, 6.45) is 3.53. The molecule has 0 bridgehead atoms. The van der Waals surface area contributed by atoms with E-state index in [0.717, 1.165) is 11.3 Å². The first-order valence-electron chi connectivity index (χ1n) is 4.44. The third-order valence-corrected chi connectivity index (χ3v) is 2.03. The molecule has 0 aliphatic rings. The maximum absolute atomic E-state index is 5.69. The van der Waals surface area contributed by atoms with Gasteiger partial charge in [-0.15, -0.1) is 0 Å². The van der Waals surface area contributed by atoms with Gasteiger partial charge in [-0.3, -0.25) is 4.98 Å². The van der Waals surface area contributed by atoms with Crippen LogP contribution < -0.4 is 5.73 Å². The van der Waals surface area contributed by atoms with Crippen LogP contribution in [0.1, 0.15) is 11.3 Å². The van der Waals surface area contributed by atoms with Gasteiger partial charge >= 0.3 is 0 Å². The van der Waals surface area contributed by atoms with E-state index in [1.54, 1.807) is 16.9 Å². The van der Waals surface area contributed by atoms with Crippen LogP contribution >= 0.6 is 0 Å². The number of nitrogens with zero attached hydrogens (tertiary/aromatic N) is 3. The van der Waals surface area contributed by atoms with Gasteiger partial charge in [0, 0.05) is 6.20 Å². The monoisotopic (exact) mass is 188 g/mol. The minimum Gasteiger partial charge on any atom is -0.384 e. The fourth-order valence-corrected chi connectivity index (χ4v) is 1.22. The lowest BCUT2D eigenvalue weighted by Gasteiger charge is -2.03. The lowest BCUT2D eigenvalue weighted by atomic mass is 10.3. The van der Waals surface area contributed by atoms with Crippen molar-refractivity contribution in [2.75, 3.05) is 5.73 Å². The van der Waals surface area contributed by atoms with Crippen molar-refractivity contribution in [1.82, 2.24) is 14.8 Å². The number of nitrogens with two attached hydrogens (primary N) is 1. The number of rotatable bonds is 2. The molecule has 0 aromatic carbocycles. The predicted molar refractivity (Wildman–Crippen MR) is 54.7 cm³/mol. The van der Waals surface area contributed by atoms with Crippen molar-refractivity contribution in [3.8, 4) is 0 Å². The van der Waals surface area contributed by atoms with Gasteiger partial charge in [0.25, 0.3) is 0 Å². The minimum atomic E-state index is 0.624. The van der Waals surface area contributed by atoms with E-state index >= 15 is 0 Å². The number of anilines is 1. The number of pyridine rings is 1. The molecule has 0 aliphatic carbocycles. The van der Waals surface area contributed by atoms with Crippen molar-refractivity contribution < 1.29 is 0 Å². The number of nitrogen functional groups attached to an aromatic ring is 1. The molecule has 0 amide bonds. The number of aryl methyl sites for hydroxylation is 1. The highest BCUT2D eigenvalue weighted by Gasteiger charge is 1.99. The Bertz CT molecular complexity index is 416. The highest BCUT2D eigenvalue weighted by Crippen LogP contribution is 2.05. The van der Waals surface area contributed by atoms with E-state index in [0.29, 0.717) is 12.4 Å². The molecule has 0 atom stereocenters. The van der Waals surface area contributed by atoms with Gasteiger partial charge in [-0.05, 0) is 24.6 Å². The summed E-state index contributed by atoms with van der Waals surface area (Å²) in [6.45, 7) is 2.64. The zero-order chi connectivity index (χ0) is 9.97. The molecule has 0 unspecified atom stereocenters. The van der Waals surface area contributed by atoms with Crippen LogP contribution in [0.5, 0.6) is 0 Å². The van der Waals surface area contributed by atoms with Crippen LogP contribution in [-0.2, 0) is 6.54 Å². The number of aromatic nitrogens is 3. The summed E-state index contributed by atoms with van der Waals surface area (Å²) in [6, 6.07) is 5.78. The van der Waals surface area contributed by atoms with Crippen molar-refractivity contribution in [2.45, 2.75) is 13.5 Å². The summed E-state index contributed by atoms with van der Waals surface area (Å²) in [5.41, 5.74) is 7.81. The van der Waals surface area contributed by atoms with Crippen LogP contribution in [0.4, 0.5) is 5.82 Å². The van der Waals surface area contributed by atoms with Crippen molar-refractivity contribution >= 4 is 5.82 Å². The number of hydrogen-bond donors (Lipinski definition) is 1. The first-order valence-corrected chi connectivity index (χ1v) is 4.44. The first-order chi connectivity index (χ1) is 6.75. The molecule has 0 spiro atoms. The van der Waals surface area contributed by atoms with Gasteiger partial charge in [-0.1, -0.05) is 6.07 Å². The van der Waals surface area contributed by atoms with Crippen molar-refractivity contribution in [1.29, 1.82) is 0 Å². The molecule has 2 rings (SSSR count). The summed E-state index contributed by atoms with van der Waals surface area (Å²) in [4.78, 5) is 4.28. The van der Waals surface area contributed by atoms with Crippen LogP contribution in [0, 0.1) is 6.92 Å². The second kappa shape index (κ2) is 3.49. The Morgan fingerprint density at radius 1 is 1.36 bits per heavy atom. The Balaban J connectivity index is 2.19. The average molecular weight is 188 g/mol. The first kappa shape index (κ1) is 8.74. The van der Waals surface area contributed by atoms with Crippen molar-refractivity contribution in [3.63, 3.8) is 0 Å². The Hall–Kier alpha value is -1.84. The molecule has 14 heavy (non-hydrogen) atoms. The van der Waals surface area contributed by atoms with Gasteiger partial charge in [0.05, 0.1) is 18.4 Å². The second-order valence-corrected chi connectivity index (χ2v) is 3.24. The van der Waals surface area contributed by atoms with E-state index in [9.17, 15) is 0 Å². The molecule has 72 valence electrons. The molecule has 0 radical (unpaired) electrons. The second-order valence-electron chi connectivity index (χ2n) is 3.24. The molecule has 0 saturated heterocycles. The van der Waals surface area contributed by atoms with Crippen LogP contribution in [0.2, 0.25) is 0 Å². The molecule has 2 aromatic rings. The molecule has 4 nitrogen and oxygen atoms in total. The highest BCUT2D eigenvalue weighted by molar-refractivity contribution is 5.27. The molecular weight excluding hydrogens is 176 g/mol. The minimum absolute atomic E-state index is 0.624. The largest absolute Gasteiger partial charge is 0.384 e. The van der Waals surface area contributed by atoms with Crippen LogP contribution in [0.25, 0.3) is 0 Å². The highest BCUT2D eigenvalue weighted by atomic mass is 15.3. The smallest absolute Gasteiger partial charge is 0.122 e. The predicted octanol–water partition coefficient (Wildman–Crippen LogP) is 1.22. The molecule has 2 N–H and O–H groups in total. The molecule has 0 aliphatic heterocycles. The number of hydrogen-bond acceptors (Lipinski definition) is 3. The third kappa shape index (κ3) is 1.74. The van der Waals surface area contributed by atoms with E-state index in [1.807, 2.05) is 25.3 Å². The van der Waals surface area contributed by atoms with Gasteiger partial charge in [-0.2, -0.15) is 5.10 Å². The quantitative estimate of drug-likeness (QED) is 0.770. The maximum Gasteiger partial charge on any atom is 0.122 e. The van der Waals surface area contributed by atoms with Crippen molar-refractivity contribution in [3.05, 3.63) is 41.9 Å². The Kier molecular flexibility index (Phi) is 2.18. The maximum atomic E-state index is 5.69. The van der Waals surface area contributed by atoms with E-state index < -0.39 is 0 Å². The summed E-state index contributed by atoms with van der Waals surface area (Å²) in [7, 11) is 0. The summed E-state index contributed by atoms with van der Waals surface area (Å²) < 4.78 is 1.72. The lowest BCUT2D eigenvalue weighted by Crippen LogP contribution is -2.06.